The smallest absolute Gasteiger partial charge is 0.111 e. The summed E-state index contributed by atoms with van der Waals surface area (Å²) in [5.41, 5.74) is 2.21. The summed E-state index contributed by atoms with van der Waals surface area (Å²) in [6.45, 7) is 5.99. The summed E-state index contributed by atoms with van der Waals surface area (Å²) < 4.78 is 0. The number of nitrogens with one attached hydrogen (secondary N) is 1. The average Bonchev–Trinajstić information content (AvgIpc) is 2.89. The Balaban J connectivity index is 2.44. The summed E-state index contributed by atoms with van der Waals surface area (Å²) in [6.07, 6.45) is 2.97. The van der Waals surface area contributed by atoms with Gasteiger partial charge in [0.1, 0.15) is 5.69 Å². The minimum Gasteiger partial charge on any atom is -0.388 e. The molecule has 2 N–H and O–H groups in total. The molecule has 0 aliphatic heterocycles. The second-order valence-corrected chi connectivity index (χ2v) is 5.63. The van der Waals surface area contributed by atoms with E-state index < -0.39 is 6.10 Å². The quantitative estimate of drug-likeness (QED) is 0.888. The highest BCUT2D eigenvalue weighted by Gasteiger charge is 2.27. The predicted molar refractivity (Wildman–Crippen MR) is 76.2 cm³/mol. The lowest BCUT2D eigenvalue weighted by Crippen LogP contribution is -2.27. The number of rotatable bonds is 3. The Morgan fingerprint density at radius 3 is 2.47 bits per heavy atom. The largest absolute Gasteiger partial charge is 0.388 e. The van der Waals surface area contributed by atoms with Gasteiger partial charge in [-0.1, -0.05) is 51.1 Å². The molecule has 0 bridgehead atoms. The van der Waals surface area contributed by atoms with Crippen LogP contribution in [0.5, 0.6) is 0 Å². The van der Waals surface area contributed by atoms with E-state index in [1.165, 1.54) is 0 Å². The Bertz CT molecular complexity index is 539. The molecule has 1 atom stereocenters. The minimum absolute atomic E-state index is 0.264. The van der Waals surface area contributed by atoms with Crippen LogP contribution in [0.15, 0.2) is 36.5 Å². The van der Waals surface area contributed by atoms with Crippen LogP contribution >= 0.6 is 0 Å². The van der Waals surface area contributed by atoms with E-state index in [-0.39, 0.29) is 5.41 Å². The third kappa shape index (κ3) is 3.29. The Hall–Kier alpha value is -1.94. The van der Waals surface area contributed by atoms with E-state index in [2.05, 4.69) is 15.4 Å². The van der Waals surface area contributed by atoms with Crippen molar-refractivity contribution in [3.8, 4) is 0 Å². The van der Waals surface area contributed by atoms with E-state index in [1.54, 1.807) is 6.20 Å². The van der Waals surface area contributed by atoms with Gasteiger partial charge in [-0.3, -0.25) is 0 Å². The molecule has 2 aromatic rings. The van der Waals surface area contributed by atoms with E-state index in [1.807, 2.05) is 57.2 Å². The van der Waals surface area contributed by atoms with E-state index in [9.17, 15) is 5.11 Å². The van der Waals surface area contributed by atoms with Crippen LogP contribution < -0.4 is 0 Å². The highest BCUT2D eigenvalue weighted by atomic mass is 16.3. The fraction of sp³-hybridized carbons (Fsp3) is 0.333. The van der Waals surface area contributed by atoms with Crippen LogP contribution in [0.4, 0.5) is 0 Å². The van der Waals surface area contributed by atoms with Crippen molar-refractivity contribution < 1.29 is 5.11 Å². The summed E-state index contributed by atoms with van der Waals surface area (Å²) in [6, 6.07) is 9.89. The van der Waals surface area contributed by atoms with E-state index in [4.69, 9.17) is 0 Å². The normalized spacial score (nSPS) is 14.4. The third-order valence-corrected chi connectivity index (χ3v) is 2.95. The first-order valence-electron chi connectivity index (χ1n) is 6.29. The van der Waals surface area contributed by atoms with Crippen molar-refractivity contribution in [1.82, 2.24) is 15.4 Å². The van der Waals surface area contributed by atoms with Crippen molar-refractivity contribution in [2.45, 2.75) is 26.9 Å². The fourth-order valence-electron chi connectivity index (χ4n) is 1.83. The molecule has 0 aliphatic carbocycles. The van der Waals surface area contributed by atoms with Gasteiger partial charge >= 0.3 is 0 Å². The number of aliphatic hydroxyl groups is 1. The molecule has 1 aromatic carbocycles. The molecular formula is C15H19N3O. The SMILES string of the molecule is CC(C)(C)C(O)C(=Cc1ccccc1)c1cn[nH]n1. The van der Waals surface area contributed by atoms with Gasteiger partial charge in [0.05, 0.1) is 12.3 Å². The maximum Gasteiger partial charge on any atom is 0.111 e. The number of benzene rings is 1. The summed E-state index contributed by atoms with van der Waals surface area (Å²) in [5, 5.41) is 21.0. The van der Waals surface area contributed by atoms with Gasteiger partial charge in [-0.2, -0.15) is 15.4 Å². The lowest BCUT2D eigenvalue weighted by molar-refractivity contribution is 0.114. The van der Waals surface area contributed by atoms with Crippen LogP contribution in [0.2, 0.25) is 0 Å². The van der Waals surface area contributed by atoms with Crippen LogP contribution in [0.1, 0.15) is 32.0 Å². The van der Waals surface area contributed by atoms with Crippen molar-refractivity contribution in [3.05, 3.63) is 47.8 Å². The number of H-pyrrole nitrogens is 1. The topological polar surface area (TPSA) is 61.8 Å². The van der Waals surface area contributed by atoms with Crippen molar-refractivity contribution in [2.24, 2.45) is 5.41 Å². The highest BCUT2D eigenvalue weighted by molar-refractivity contribution is 5.82. The van der Waals surface area contributed by atoms with E-state index >= 15 is 0 Å². The monoisotopic (exact) mass is 257 g/mol. The minimum atomic E-state index is -0.613. The van der Waals surface area contributed by atoms with Gasteiger partial charge in [0.15, 0.2) is 0 Å². The summed E-state index contributed by atoms with van der Waals surface area (Å²) in [4.78, 5) is 0. The van der Waals surface area contributed by atoms with Gasteiger partial charge in [0, 0.05) is 5.57 Å². The Labute approximate surface area is 113 Å². The molecule has 0 saturated heterocycles. The summed E-state index contributed by atoms with van der Waals surface area (Å²) >= 11 is 0. The second-order valence-electron chi connectivity index (χ2n) is 5.63. The van der Waals surface area contributed by atoms with Crippen molar-refractivity contribution in [3.63, 3.8) is 0 Å². The van der Waals surface area contributed by atoms with Gasteiger partial charge < -0.3 is 5.11 Å². The highest BCUT2D eigenvalue weighted by Crippen LogP contribution is 2.31. The second kappa shape index (κ2) is 5.36. The number of nitrogens with zero attached hydrogens (tertiary/aromatic N) is 2. The first-order valence-corrected chi connectivity index (χ1v) is 6.29. The predicted octanol–water partition coefficient (Wildman–Crippen LogP) is 2.75. The van der Waals surface area contributed by atoms with Crippen molar-refractivity contribution in [2.75, 3.05) is 0 Å². The summed E-state index contributed by atoms with van der Waals surface area (Å²) in [5.74, 6) is 0. The molecular weight excluding hydrogens is 238 g/mol. The van der Waals surface area contributed by atoms with Crippen molar-refractivity contribution >= 4 is 11.6 Å². The van der Waals surface area contributed by atoms with E-state index in [0.29, 0.717) is 5.69 Å². The van der Waals surface area contributed by atoms with Crippen LogP contribution in [0, 0.1) is 5.41 Å². The number of aliphatic hydroxyl groups excluding tert-OH is 1. The van der Waals surface area contributed by atoms with Crippen LogP contribution in [-0.2, 0) is 0 Å². The van der Waals surface area contributed by atoms with Crippen molar-refractivity contribution in [1.29, 1.82) is 0 Å². The zero-order valence-electron chi connectivity index (χ0n) is 11.5. The molecule has 0 aliphatic rings. The Kier molecular flexibility index (Phi) is 3.81. The lowest BCUT2D eigenvalue weighted by Gasteiger charge is -2.27. The molecule has 2 rings (SSSR count). The summed E-state index contributed by atoms with van der Waals surface area (Å²) in [7, 11) is 0. The molecule has 0 radical (unpaired) electrons. The lowest BCUT2D eigenvalue weighted by atomic mass is 9.83. The van der Waals surface area contributed by atoms with Gasteiger partial charge in [-0.05, 0) is 17.1 Å². The Morgan fingerprint density at radius 1 is 1.26 bits per heavy atom. The van der Waals surface area contributed by atoms with Crippen LogP contribution in [-0.4, -0.2) is 26.6 Å². The molecule has 0 saturated carbocycles. The number of hydrogen-bond donors (Lipinski definition) is 2. The molecule has 1 unspecified atom stereocenters. The number of aromatic amines is 1. The van der Waals surface area contributed by atoms with Gasteiger partial charge in [0.2, 0.25) is 0 Å². The van der Waals surface area contributed by atoms with Gasteiger partial charge in [0.25, 0.3) is 0 Å². The molecule has 4 heteroatoms. The molecule has 1 aromatic heterocycles. The molecule has 0 spiro atoms. The first-order chi connectivity index (χ1) is 8.98. The molecule has 100 valence electrons. The molecule has 4 nitrogen and oxygen atoms in total. The molecule has 19 heavy (non-hydrogen) atoms. The molecule has 0 fully saturated rings. The van der Waals surface area contributed by atoms with Crippen LogP contribution in [0.3, 0.4) is 0 Å². The third-order valence-electron chi connectivity index (χ3n) is 2.95. The number of aromatic nitrogens is 3. The van der Waals surface area contributed by atoms with Gasteiger partial charge in [-0.25, -0.2) is 0 Å². The Morgan fingerprint density at radius 2 is 1.95 bits per heavy atom. The maximum absolute atomic E-state index is 10.5. The zero-order valence-corrected chi connectivity index (χ0v) is 11.5. The van der Waals surface area contributed by atoms with Gasteiger partial charge in [-0.15, -0.1) is 0 Å². The molecule has 1 heterocycles. The zero-order chi connectivity index (χ0) is 13.9. The van der Waals surface area contributed by atoms with E-state index in [0.717, 1.165) is 11.1 Å². The average molecular weight is 257 g/mol. The standard InChI is InChI=1S/C15H19N3O/c1-15(2,3)14(19)12(13-10-16-18-17-13)9-11-7-5-4-6-8-11/h4-10,14,19H,1-3H3,(H,16,17,18). The first kappa shape index (κ1) is 13.5. The fourth-order valence-corrected chi connectivity index (χ4v) is 1.83. The molecule has 0 amide bonds. The maximum atomic E-state index is 10.5. The number of hydrogen-bond acceptors (Lipinski definition) is 3. The van der Waals surface area contributed by atoms with Crippen LogP contribution in [0.25, 0.3) is 11.6 Å².